The first-order chi connectivity index (χ1) is 6.30. The Hall–Kier alpha value is 0.150. The fourth-order valence-corrected chi connectivity index (χ4v) is 7.62. The summed E-state index contributed by atoms with van der Waals surface area (Å²) in [4.78, 5) is 12.7. The van der Waals surface area contributed by atoms with E-state index in [0.717, 1.165) is 40.3 Å². The lowest BCUT2D eigenvalue weighted by atomic mass is 9.71. The lowest BCUT2D eigenvalue weighted by molar-refractivity contribution is -0.122. The van der Waals surface area contributed by atoms with E-state index < -0.39 is 0 Å². The summed E-state index contributed by atoms with van der Waals surface area (Å²) in [6.07, 6.45) is 1.41. The van der Waals surface area contributed by atoms with Crippen LogP contribution < -0.4 is 0 Å². The Labute approximate surface area is 85.4 Å². The van der Waals surface area contributed by atoms with Gasteiger partial charge in [-0.3, -0.25) is 4.79 Å². The molecule has 6 saturated carbocycles. The van der Waals surface area contributed by atoms with Crippen molar-refractivity contribution in [2.75, 3.05) is 0 Å². The number of alkyl halides is 1. The van der Waals surface area contributed by atoms with E-state index in [-0.39, 0.29) is 0 Å². The van der Waals surface area contributed by atoms with Crippen LogP contribution in [-0.4, -0.2) is 10.6 Å². The van der Waals surface area contributed by atoms with Crippen molar-refractivity contribution in [1.82, 2.24) is 0 Å². The van der Waals surface area contributed by atoms with Crippen LogP contribution in [-0.2, 0) is 4.79 Å². The minimum absolute atomic E-state index is 0.521. The van der Waals surface area contributed by atoms with E-state index in [0.29, 0.717) is 17.6 Å². The zero-order valence-electron chi connectivity index (χ0n) is 7.19. The minimum Gasteiger partial charge on any atom is -0.299 e. The maximum atomic E-state index is 12.0. The van der Waals surface area contributed by atoms with Gasteiger partial charge in [0.15, 0.2) is 0 Å². The molecule has 0 aromatic carbocycles. The van der Waals surface area contributed by atoms with Gasteiger partial charge in [-0.25, -0.2) is 0 Å². The molecule has 13 heavy (non-hydrogen) atoms. The molecular weight excluding hydrogens is 228 g/mol. The fraction of sp³-hybridized carbons (Fsp3) is 0.909. The molecule has 68 valence electrons. The molecule has 9 atom stereocenters. The second kappa shape index (κ2) is 1.56. The molecule has 0 N–H and O–H groups in total. The van der Waals surface area contributed by atoms with Crippen LogP contribution in [0, 0.1) is 47.3 Å². The van der Waals surface area contributed by atoms with Gasteiger partial charge < -0.3 is 0 Å². The number of hydrogen-bond acceptors (Lipinski definition) is 1. The van der Waals surface area contributed by atoms with E-state index in [2.05, 4.69) is 15.9 Å². The van der Waals surface area contributed by atoms with Crippen LogP contribution in [0.1, 0.15) is 6.42 Å². The number of hydrogen-bond donors (Lipinski definition) is 0. The molecule has 0 aromatic heterocycles. The Morgan fingerprint density at radius 3 is 2.54 bits per heavy atom. The van der Waals surface area contributed by atoms with Crippen LogP contribution >= 0.6 is 15.9 Å². The van der Waals surface area contributed by atoms with E-state index in [9.17, 15) is 4.79 Å². The smallest absolute Gasteiger partial charge is 0.140 e. The maximum Gasteiger partial charge on any atom is 0.140 e. The average molecular weight is 239 g/mol. The van der Waals surface area contributed by atoms with Crippen LogP contribution in [0.25, 0.3) is 0 Å². The molecule has 6 rings (SSSR count). The van der Waals surface area contributed by atoms with Crippen molar-refractivity contribution in [1.29, 1.82) is 0 Å². The summed E-state index contributed by atoms with van der Waals surface area (Å²) in [5, 5.41) is 0. The lowest BCUT2D eigenvalue weighted by Crippen LogP contribution is -2.30. The molecule has 6 bridgehead atoms. The van der Waals surface area contributed by atoms with Crippen LogP contribution in [0.4, 0.5) is 0 Å². The Bertz CT molecular complexity index is 350. The normalized spacial score (nSPS) is 79.8. The van der Waals surface area contributed by atoms with Gasteiger partial charge in [-0.15, -0.1) is 0 Å². The van der Waals surface area contributed by atoms with Gasteiger partial charge in [0.25, 0.3) is 0 Å². The predicted molar refractivity (Wildman–Crippen MR) is 50.3 cm³/mol. The predicted octanol–water partition coefficient (Wildman–Crippen LogP) is 1.71. The van der Waals surface area contributed by atoms with Crippen molar-refractivity contribution in [3.05, 3.63) is 0 Å². The minimum atomic E-state index is 0.521. The topological polar surface area (TPSA) is 17.1 Å². The summed E-state index contributed by atoms with van der Waals surface area (Å²) in [7, 11) is 0. The summed E-state index contributed by atoms with van der Waals surface area (Å²) in [5.74, 6) is 6.90. The second-order valence-corrected chi connectivity index (χ2v) is 6.83. The Kier molecular flexibility index (Phi) is 0.790. The van der Waals surface area contributed by atoms with Crippen LogP contribution in [0.3, 0.4) is 0 Å². The molecule has 0 aromatic rings. The molecule has 0 saturated heterocycles. The van der Waals surface area contributed by atoms with Crippen molar-refractivity contribution >= 4 is 21.7 Å². The molecule has 0 amide bonds. The highest BCUT2D eigenvalue weighted by Gasteiger charge is 2.83. The monoisotopic (exact) mass is 238 g/mol. The highest BCUT2D eigenvalue weighted by atomic mass is 79.9. The third kappa shape index (κ3) is 0.397. The molecule has 6 aliphatic rings. The Morgan fingerprint density at radius 2 is 1.77 bits per heavy atom. The van der Waals surface area contributed by atoms with Gasteiger partial charge in [0.2, 0.25) is 0 Å². The molecule has 2 heteroatoms. The standard InChI is InChI=1S/C11H11BrO/c12-10-6-2-1-3-4(6)9-8(10)5(2)7(3)11(9)13/h2-10H,1H2/t2-,3+,4+,5-,6-,7-,8-,9+,10+/m0/s1. The summed E-state index contributed by atoms with van der Waals surface area (Å²) < 4.78 is 0. The number of halogens is 1. The maximum absolute atomic E-state index is 12.0. The van der Waals surface area contributed by atoms with Crippen molar-refractivity contribution in [3.8, 4) is 0 Å². The first-order valence-corrected chi connectivity index (χ1v) is 6.40. The van der Waals surface area contributed by atoms with Crippen LogP contribution in [0.5, 0.6) is 0 Å². The van der Waals surface area contributed by atoms with E-state index in [1.807, 2.05) is 0 Å². The van der Waals surface area contributed by atoms with Crippen LogP contribution in [0.2, 0.25) is 0 Å². The van der Waals surface area contributed by atoms with Gasteiger partial charge in [0.1, 0.15) is 5.78 Å². The van der Waals surface area contributed by atoms with Gasteiger partial charge in [-0.05, 0) is 41.9 Å². The SMILES string of the molecule is O=C1[C@H]2[C@@H]3C[C@@H]4[C@@H]5[C@@H](Br)[C@H]([C@H]1[C@H]35)[C@@H]42. The summed E-state index contributed by atoms with van der Waals surface area (Å²) in [6.45, 7) is 0. The molecular formula is C11H11BrO. The summed E-state index contributed by atoms with van der Waals surface area (Å²) in [5.41, 5.74) is 0. The molecule has 6 fully saturated rings. The molecule has 6 aliphatic carbocycles. The number of carbonyl (C=O) groups is 1. The first kappa shape index (κ1) is 6.60. The third-order valence-corrected chi connectivity index (χ3v) is 7.24. The Balaban J connectivity index is 1.90. The summed E-state index contributed by atoms with van der Waals surface area (Å²) >= 11 is 3.86. The fourth-order valence-electron chi connectivity index (χ4n) is 6.20. The summed E-state index contributed by atoms with van der Waals surface area (Å²) in [6, 6.07) is 0. The lowest BCUT2D eigenvalue weighted by Gasteiger charge is -2.32. The molecule has 0 radical (unpaired) electrons. The van der Waals surface area contributed by atoms with Gasteiger partial charge in [0, 0.05) is 16.7 Å². The van der Waals surface area contributed by atoms with E-state index in [4.69, 9.17) is 0 Å². The number of Topliss-reactive ketones (excluding diaryl/α,β-unsaturated/α-hetero) is 1. The highest BCUT2D eigenvalue weighted by molar-refractivity contribution is 9.09. The van der Waals surface area contributed by atoms with Crippen molar-refractivity contribution in [3.63, 3.8) is 0 Å². The van der Waals surface area contributed by atoms with Gasteiger partial charge >= 0.3 is 0 Å². The second-order valence-electron chi connectivity index (χ2n) is 5.77. The molecule has 0 spiro atoms. The quantitative estimate of drug-likeness (QED) is 0.588. The van der Waals surface area contributed by atoms with Gasteiger partial charge in [0.05, 0.1) is 0 Å². The first-order valence-electron chi connectivity index (χ1n) is 5.48. The molecule has 1 nitrogen and oxygen atoms in total. The van der Waals surface area contributed by atoms with E-state index in [1.54, 1.807) is 0 Å². The van der Waals surface area contributed by atoms with Crippen molar-refractivity contribution in [2.45, 2.75) is 11.2 Å². The number of ketones is 1. The third-order valence-electron chi connectivity index (χ3n) is 6.01. The molecule has 0 heterocycles. The van der Waals surface area contributed by atoms with Crippen molar-refractivity contribution in [2.24, 2.45) is 47.3 Å². The van der Waals surface area contributed by atoms with Gasteiger partial charge in [-0.2, -0.15) is 0 Å². The molecule has 0 aliphatic heterocycles. The zero-order chi connectivity index (χ0) is 8.48. The zero-order valence-corrected chi connectivity index (χ0v) is 8.78. The van der Waals surface area contributed by atoms with Gasteiger partial charge in [-0.1, -0.05) is 15.9 Å². The number of carbonyl (C=O) groups excluding carboxylic acids is 1. The number of rotatable bonds is 0. The van der Waals surface area contributed by atoms with Crippen LogP contribution in [0.15, 0.2) is 0 Å². The average Bonchev–Trinajstić information content (AvgIpc) is 2.78. The van der Waals surface area contributed by atoms with Crippen molar-refractivity contribution < 1.29 is 4.79 Å². The molecule has 0 unspecified atom stereocenters. The van der Waals surface area contributed by atoms with E-state index >= 15 is 0 Å². The largest absolute Gasteiger partial charge is 0.299 e. The highest BCUT2D eigenvalue weighted by Crippen LogP contribution is 2.82. The van der Waals surface area contributed by atoms with E-state index in [1.165, 1.54) is 6.42 Å². The Morgan fingerprint density at radius 1 is 1.00 bits per heavy atom.